The number of nitriles is 1. The van der Waals surface area contributed by atoms with Crippen LogP contribution in [0.3, 0.4) is 0 Å². The van der Waals surface area contributed by atoms with Gasteiger partial charge in [0.1, 0.15) is 22.3 Å². The van der Waals surface area contributed by atoms with Gasteiger partial charge in [-0.3, -0.25) is 0 Å². The van der Waals surface area contributed by atoms with Crippen LogP contribution >= 0.6 is 11.8 Å². The molecule has 0 atom stereocenters. The summed E-state index contributed by atoms with van der Waals surface area (Å²) in [6, 6.07) is 4.71. The Morgan fingerprint density at radius 2 is 2.13 bits per heavy atom. The molecule has 0 aromatic heterocycles. The number of benzene rings is 1. The molecule has 8 heteroatoms. The number of nitrogens with one attached hydrogen (secondary N) is 1. The van der Waals surface area contributed by atoms with Crippen molar-refractivity contribution in [2.75, 3.05) is 0 Å². The molecule has 0 amide bonds. The molecule has 4 nitrogen and oxygen atoms in total. The Hall–Kier alpha value is -0.160. The van der Waals surface area contributed by atoms with Crippen molar-refractivity contribution >= 4 is 21.8 Å². The standard InChI is InChI=1S/C7H4ClFN2O2S.Na.H/c8-11-14(12,13)7-3-1-2-6(9)5(7)4-10;;/h1-3,11H;;/q;+1;-1. The molecule has 0 saturated heterocycles. The van der Waals surface area contributed by atoms with Gasteiger partial charge in [-0.05, 0) is 23.9 Å². The Balaban J connectivity index is 0. The minimum Gasteiger partial charge on any atom is -1.00 e. The topological polar surface area (TPSA) is 70.0 Å². The first-order valence-electron chi connectivity index (χ1n) is 3.34. The summed E-state index contributed by atoms with van der Waals surface area (Å²) in [7, 11) is -4.01. The molecule has 0 bridgehead atoms. The van der Waals surface area contributed by atoms with Gasteiger partial charge in [0.15, 0.2) is 0 Å². The fraction of sp³-hybridized carbons (Fsp3) is 0. The Morgan fingerprint density at radius 3 is 2.60 bits per heavy atom. The largest absolute Gasteiger partial charge is 1.00 e. The van der Waals surface area contributed by atoms with E-state index >= 15 is 0 Å². The molecular formula is C7H5ClFN2NaO2S. The number of hydrogen-bond acceptors (Lipinski definition) is 3. The van der Waals surface area contributed by atoms with E-state index in [1.165, 1.54) is 16.4 Å². The van der Waals surface area contributed by atoms with Gasteiger partial charge in [0, 0.05) is 0 Å². The monoisotopic (exact) mass is 258 g/mol. The maximum atomic E-state index is 13.0. The Bertz CT molecular complexity index is 506. The predicted octanol–water partition coefficient (Wildman–Crippen LogP) is -1.75. The Kier molecular flexibility index (Phi) is 5.73. The molecule has 0 spiro atoms. The minimum atomic E-state index is -4.01. The maximum absolute atomic E-state index is 13.0. The fourth-order valence-electron chi connectivity index (χ4n) is 0.878. The Labute approximate surface area is 115 Å². The van der Waals surface area contributed by atoms with Crippen molar-refractivity contribution in [3.8, 4) is 6.07 Å². The van der Waals surface area contributed by atoms with E-state index in [0.717, 1.165) is 12.1 Å². The zero-order valence-electron chi connectivity index (χ0n) is 8.66. The molecule has 1 rings (SSSR count). The molecule has 76 valence electrons. The predicted molar refractivity (Wildman–Crippen MR) is 48.4 cm³/mol. The van der Waals surface area contributed by atoms with E-state index in [0.29, 0.717) is 0 Å². The van der Waals surface area contributed by atoms with E-state index in [4.69, 9.17) is 17.0 Å². The number of halogens is 2. The molecule has 1 N–H and O–H groups in total. The second-order valence-electron chi connectivity index (χ2n) is 2.31. The number of hydrogen-bond donors (Lipinski definition) is 1. The quantitative estimate of drug-likeness (QED) is 0.505. The van der Waals surface area contributed by atoms with E-state index in [1.54, 1.807) is 0 Å². The number of rotatable bonds is 2. The van der Waals surface area contributed by atoms with Crippen LogP contribution in [0.15, 0.2) is 23.1 Å². The smallest absolute Gasteiger partial charge is 1.00 e. The van der Waals surface area contributed by atoms with Crippen molar-refractivity contribution in [1.29, 1.82) is 5.26 Å². The van der Waals surface area contributed by atoms with Crippen LogP contribution in [-0.4, -0.2) is 8.42 Å². The third-order valence-corrected chi connectivity index (χ3v) is 3.21. The van der Waals surface area contributed by atoms with Crippen LogP contribution in [0.25, 0.3) is 0 Å². The van der Waals surface area contributed by atoms with Gasteiger partial charge < -0.3 is 1.43 Å². The van der Waals surface area contributed by atoms with Gasteiger partial charge in [-0.2, -0.15) is 5.26 Å². The number of nitrogens with zero attached hydrogens (tertiary/aromatic N) is 1. The van der Waals surface area contributed by atoms with Crippen molar-refractivity contribution in [2.45, 2.75) is 4.90 Å². The molecule has 0 aliphatic carbocycles. The van der Waals surface area contributed by atoms with Gasteiger partial charge >= 0.3 is 29.6 Å². The second kappa shape index (κ2) is 5.80. The van der Waals surface area contributed by atoms with E-state index in [2.05, 4.69) is 0 Å². The van der Waals surface area contributed by atoms with E-state index in [1.807, 2.05) is 0 Å². The molecule has 0 radical (unpaired) electrons. The van der Waals surface area contributed by atoms with Gasteiger partial charge in [-0.25, -0.2) is 12.8 Å². The first-order valence-corrected chi connectivity index (χ1v) is 5.20. The van der Waals surface area contributed by atoms with Crippen molar-refractivity contribution < 1.29 is 43.8 Å². The summed E-state index contributed by atoms with van der Waals surface area (Å²) in [5.41, 5.74) is -0.555. The summed E-state index contributed by atoms with van der Waals surface area (Å²) < 4.78 is 36.8. The van der Waals surface area contributed by atoms with Crippen LogP contribution in [0.2, 0.25) is 0 Å². The summed E-state index contributed by atoms with van der Waals surface area (Å²) in [5.74, 6) is -0.902. The first-order chi connectivity index (χ1) is 6.53. The van der Waals surface area contributed by atoms with E-state index < -0.39 is 26.3 Å². The molecule has 1 aromatic carbocycles. The molecule has 0 saturated carbocycles. The van der Waals surface area contributed by atoms with Crippen LogP contribution < -0.4 is 33.8 Å². The molecule has 0 unspecified atom stereocenters. The van der Waals surface area contributed by atoms with E-state index in [9.17, 15) is 12.8 Å². The summed E-state index contributed by atoms with van der Waals surface area (Å²) >= 11 is 4.94. The van der Waals surface area contributed by atoms with Crippen LogP contribution in [-0.2, 0) is 10.0 Å². The average molecular weight is 259 g/mol. The van der Waals surface area contributed by atoms with Gasteiger partial charge in [-0.15, -0.1) is 4.24 Å². The molecular weight excluding hydrogens is 254 g/mol. The normalized spacial score (nSPS) is 10.2. The molecule has 0 heterocycles. The van der Waals surface area contributed by atoms with Gasteiger partial charge in [0.2, 0.25) is 0 Å². The molecule has 0 aliphatic rings. The van der Waals surface area contributed by atoms with Crippen molar-refractivity contribution in [3.05, 3.63) is 29.6 Å². The van der Waals surface area contributed by atoms with E-state index in [-0.39, 0.29) is 31.0 Å². The van der Waals surface area contributed by atoms with Crippen molar-refractivity contribution in [2.24, 2.45) is 0 Å². The summed E-state index contributed by atoms with van der Waals surface area (Å²) in [5, 5.41) is 8.53. The van der Waals surface area contributed by atoms with Gasteiger partial charge in [0.05, 0.1) is 0 Å². The van der Waals surface area contributed by atoms with Crippen LogP contribution in [0.4, 0.5) is 4.39 Å². The molecule has 15 heavy (non-hydrogen) atoms. The summed E-state index contributed by atoms with van der Waals surface area (Å²) in [4.78, 5) is -0.477. The third kappa shape index (κ3) is 3.14. The first kappa shape index (κ1) is 14.8. The maximum Gasteiger partial charge on any atom is 1.00 e. The third-order valence-electron chi connectivity index (χ3n) is 1.48. The van der Waals surface area contributed by atoms with Crippen LogP contribution in [0, 0.1) is 17.1 Å². The zero-order chi connectivity index (χ0) is 10.8. The van der Waals surface area contributed by atoms with Crippen LogP contribution in [0.1, 0.15) is 6.99 Å². The number of sulfonamides is 1. The average Bonchev–Trinajstić information content (AvgIpc) is 2.17. The van der Waals surface area contributed by atoms with Crippen molar-refractivity contribution in [1.82, 2.24) is 4.24 Å². The van der Waals surface area contributed by atoms with Gasteiger partial charge in [-0.1, -0.05) is 6.07 Å². The van der Waals surface area contributed by atoms with Gasteiger partial charge in [0.25, 0.3) is 10.0 Å². The SMILES string of the molecule is N#Cc1c(F)cccc1S(=O)(=O)NCl.[H-].[Na+]. The summed E-state index contributed by atoms with van der Waals surface area (Å²) in [6.07, 6.45) is 0. The van der Waals surface area contributed by atoms with Crippen molar-refractivity contribution in [3.63, 3.8) is 0 Å². The second-order valence-corrected chi connectivity index (χ2v) is 4.37. The fourth-order valence-corrected chi connectivity index (χ4v) is 1.88. The Morgan fingerprint density at radius 1 is 1.53 bits per heavy atom. The van der Waals surface area contributed by atoms with Crippen LogP contribution in [0.5, 0.6) is 0 Å². The molecule has 0 fully saturated rings. The zero-order valence-corrected chi connectivity index (χ0v) is 11.2. The molecule has 0 aliphatic heterocycles. The summed E-state index contributed by atoms with van der Waals surface area (Å²) in [6.45, 7) is 0. The minimum absolute atomic E-state index is 0. The molecule has 1 aromatic rings.